The fourth-order valence-electron chi connectivity index (χ4n) is 5.07. The predicted octanol–water partition coefficient (Wildman–Crippen LogP) is 10.2. The third-order valence-corrected chi connectivity index (χ3v) is 7.85. The van der Waals surface area contributed by atoms with E-state index >= 15 is 0 Å². The molecule has 0 bridgehead atoms. The summed E-state index contributed by atoms with van der Waals surface area (Å²) in [5.74, 6) is 1.20. The summed E-state index contributed by atoms with van der Waals surface area (Å²) in [6.07, 6.45) is 18.7. The number of carbonyl (C=O) groups excluding carboxylic acids is 1. The van der Waals surface area contributed by atoms with Crippen LogP contribution < -0.4 is 9.47 Å². The van der Waals surface area contributed by atoms with Crippen molar-refractivity contribution in [3.05, 3.63) is 99.7 Å². The van der Waals surface area contributed by atoms with E-state index in [1.54, 1.807) is 6.08 Å². The van der Waals surface area contributed by atoms with Gasteiger partial charge in [0.05, 0.1) is 0 Å². The predicted molar refractivity (Wildman–Crippen MR) is 169 cm³/mol. The van der Waals surface area contributed by atoms with E-state index in [4.69, 9.17) is 9.47 Å². The summed E-state index contributed by atoms with van der Waals surface area (Å²) in [6, 6.07) is 11.7. The van der Waals surface area contributed by atoms with Crippen LogP contribution in [0.15, 0.2) is 77.4 Å². The van der Waals surface area contributed by atoms with Crippen LogP contribution in [0.1, 0.15) is 102 Å². The van der Waals surface area contributed by atoms with Crippen LogP contribution >= 0.6 is 0 Å². The Balaban J connectivity index is 1.54. The summed E-state index contributed by atoms with van der Waals surface area (Å²) in [6.45, 7) is 15.1. The highest BCUT2D eigenvalue weighted by Crippen LogP contribution is 2.42. The minimum Gasteiger partial charge on any atom is -0.487 e. The van der Waals surface area contributed by atoms with Gasteiger partial charge in [-0.2, -0.15) is 0 Å². The van der Waals surface area contributed by atoms with E-state index in [0.717, 1.165) is 79.4 Å². The number of ether oxygens (including phenoxy) is 2. The first kappa shape index (κ1) is 31.2. The molecule has 0 amide bonds. The van der Waals surface area contributed by atoms with Crippen LogP contribution in [0, 0.1) is 13.8 Å². The monoisotopic (exact) mass is 540 g/mol. The summed E-state index contributed by atoms with van der Waals surface area (Å²) >= 11 is 0. The van der Waals surface area contributed by atoms with E-state index < -0.39 is 0 Å². The fourth-order valence-corrected chi connectivity index (χ4v) is 5.07. The van der Waals surface area contributed by atoms with Gasteiger partial charge >= 0.3 is 5.97 Å². The lowest BCUT2D eigenvalue weighted by Gasteiger charge is -2.37. The first-order valence-electron chi connectivity index (χ1n) is 14.8. The van der Waals surface area contributed by atoms with Crippen molar-refractivity contribution in [1.82, 2.24) is 0 Å². The fraction of sp³-hybridized carbons (Fsp3) is 0.432. The van der Waals surface area contributed by atoms with Crippen molar-refractivity contribution in [2.45, 2.75) is 105 Å². The Morgan fingerprint density at radius 1 is 0.925 bits per heavy atom. The Hall–Kier alpha value is -3.33. The number of benzene rings is 2. The van der Waals surface area contributed by atoms with Crippen molar-refractivity contribution in [2.75, 3.05) is 0 Å². The number of rotatable bonds is 12. The van der Waals surface area contributed by atoms with Gasteiger partial charge in [0, 0.05) is 6.08 Å². The van der Waals surface area contributed by atoms with Gasteiger partial charge in [0.2, 0.25) is 0 Å². The maximum absolute atomic E-state index is 12.5. The minimum atomic E-state index is -0.371. The van der Waals surface area contributed by atoms with Crippen LogP contribution in [-0.4, -0.2) is 11.6 Å². The first-order chi connectivity index (χ1) is 19.1. The molecule has 2 aromatic carbocycles. The Bertz CT molecular complexity index is 1270. The van der Waals surface area contributed by atoms with Crippen molar-refractivity contribution in [3.8, 4) is 11.5 Å². The van der Waals surface area contributed by atoms with Crippen LogP contribution in [0.3, 0.4) is 0 Å². The molecule has 0 saturated heterocycles. The van der Waals surface area contributed by atoms with Crippen LogP contribution in [0.4, 0.5) is 0 Å². The molecular weight excluding hydrogens is 492 g/mol. The highest BCUT2D eigenvalue weighted by molar-refractivity contribution is 5.89. The van der Waals surface area contributed by atoms with Gasteiger partial charge in [0.15, 0.2) is 0 Å². The van der Waals surface area contributed by atoms with E-state index in [-0.39, 0.29) is 11.6 Å². The van der Waals surface area contributed by atoms with Crippen LogP contribution in [-0.2, 0) is 11.2 Å². The second-order valence-electron chi connectivity index (χ2n) is 11.8. The van der Waals surface area contributed by atoms with Crippen LogP contribution in [0.25, 0.3) is 6.08 Å². The molecular formula is C37H48O3. The molecule has 0 aliphatic carbocycles. The number of aryl methyl sites for hydroxylation is 1. The van der Waals surface area contributed by atoms with Gasteiger partial charge in [-0.3, -0.25) is 0 Å². The third kappa shape index (κ3) is 9.70. The molecule has 2 aromatic rings. The molecule has 1 heterocycles. The zero-order valence-electron chi connectivity index (χ0n) is 25.7. The molecule has 3 nitrogen and oxygen atoms in total. The topological polar surface area (TPSA) is 35.5 Å². The molecule has 0 N–H and O–H groups in total. The lowest BCUT2D eigenvalue weighted by molar-refractivity contribution is -0.128. The van der Waals surface area contributed by atoms with Gasteiger partial charge in [-0.25, -0.2) is 4.79 Å². The average molecular weight is 541 g/mol. The number of allylic oxidation sites excluding steroid dienone is 6. The molecule has 0 spiro atoms. The van der Waals surface area contributed by atoms with Gasteiger partial charge in [0.25, 0.3) is 0 Å². The summed E-state index contributed by atoms with van der Waals surface area (Å²) < 4.78 is 12.4. The van der Waals surface area contributed by atoms with Crippen molar-refractivity contribution in [1.29, 1.82) is 0 Å². The van der Waals surface area contributed by atoms with Gasteiger partial charge in [-0.1, -0.05) is 65.3 Å². The van der Waals surface area contributed by atoms with Gasteiger partial charge in [-0.05, 0) is 134 Å². The van der Waals surface area contributed by atoms with Crippen LogP contribution in [0.2, 0.25) is 0 Å². The molecule has 214 valence electrons. The zero-order chi connectivity index (χ0) is 29.1. The normalized spacial score (nSPS) is 17.4. The van der Waals surface area contributed by atoms with E-state index in [1.165, 1.54) is 22.8 Å². The van der Waals surface area contributed by atoms with Crippen molar-refractivity contribution in [2.24, 2.45) is 0 Å². The van der Waals surface area contributed by atoms with E-state index in [1.807, 2.05) is 43.3 Å². The maximum atomic E-state index is 12.5. The molecule has 1 atom stereocenters. The molecule has 3 heteroatoms. The largest absolute Gasteiger partial charge is 0.487 e. The Kier molecular flexibility index (Phi) is 11.6. The molecule has 0 unspecified atom stereocenters. The van der Waals surface area contributed by atoms with E-state index in [0.29, 0.717) is 5.75 Å². The Morgan fingerprint density at radius 2 is 1.57 bits per heavy atom. The second kappa shape index (κ2) is 14.9. The van der Waals surface area contributed by atoms with Gasteiger partial charge in [-0.15, -0.1) is 0 Å². The minimum absolute atomic E-state index is 0.195. The summed E-state index contributed by atoms with van der Waals surface area (Å²) in [7, 11) is 0. The first-order valence-corrected chi connectivity index (χ1v) is 14.8. The van der Waals surface area contributed by atoms with Crippen molar-refractivity contribution >= 4 is 12.0 Å². The molecule has 0 saturated carbocycles. The average Bonchev–Trinajstić information content (AvgIpc) is 2.91. The van der Waals surface area contributed by atoms with Crippen LogP contribution in [0.5, 0.6) is 11.5 Å². The summed E-state index contributed by atoms with van der Waals surface area (Å²) in [5.41, 5.74) is 8.23. The Labute approximate surface area is 242 Å². The zero-order valence-corrected chi connectivity index (χ0v) is 25.7. The maximum Gasteiger partial charge on any atom is 0.336 e. The summed E-state index contributed by atoms with van der Waals surface area (Å²) in [5, 5.41) is 0. The van der Waals surface area contributed by atoms with Gasteiger partial charge < -0.3 is 9.47 Å². The lowest BCUT2D eigenvalue weighted by Crippen LogP contribution is -2.36. The standard InChI is InChI=1S/C37H48O3/c1-27(2)14-11-15-28(3)16-12-17-29(4)18-13-24-37(7)25-23-33-26-34(30(5)31(6)36(33)40-37)39-35(38)22-21-32-19-9-8-10-20-32/h8-10,14,16,18-22,26H,11-13,15,17,23-25H2,1-7H3/b22-21+,28-16+,29-18+/t37-/m1/s1. The number of hydrogen-bond donors (Lipinski definition) is 0. The van der Waals surface area contributed by atoms with E-state index in [9.17, 15) is 4.79 Å². The molecule has 0 fully saturated rings. The smallest absolute Gasteiger partial charge is 0.336 e. The molecule has 1 aliphatic rings. The van der Waals surface area contributed by atoms with Gasteiger partial charge in [0.1, 0.15) is 17.1 Å². The molecule has 0 aromatic heterocycles. The molecule has 40 heavy (non-hydrogen) atoms. The molecule has 0 radical (unpaired) electrons. The summed E-state index contributed by atoms with van der Waals surface area (Å²) in [4.78, 5) is 12.5. The third-order valence-electron chi connectivity index (χ3n) is 7.85. The van der Waals surface area contributed by atoms with Crippen molar-refractivity contribution in [3.63, 3.8) is 0 Å². The number of esters is 1. The second-order valence-corrected chi connectivity index (χ2v) is 11.8. The SMILES string of the molecule is CC(C)=CCC/C(C)=C/CC/C(C)=C/CC[C@]1(C)CCc2cc(OC(=O)/C=C/c3ccccc3)c(C)c(C)c2O1. The van der Waals surface area contributed by atoms with Crippen molar-refractivity contribution < 1.29 is 14.3 Å². The Morgan fingerprint density at radius 3 is 2.25 bits per heavy atom. The number of hydrogen-bond acceptors (Lipinski definition) is 3. The number of fused-ring (bicyclic) bond motifs is 1. The van der Waals surface area contributed by atoms with E-state index in [2.05, 4.69) is 59.8 Å². The lowest BCUT2D eigenvalue weighted by atomic mass is 9.86. The number of carbonyl (C=O) groups is 1. The highest BCUT2D eigenvalue weighted by Gasteiger charge is 2.33. The molecule has 3 rings (SSSR count). The highest BCUT2D eigenvalue weighted by atomic mass is 16.5. The quantitative estimate of drug-likeness (QED) is 0.116. The molecule has 1 aliphatic heterocycles.